The maximum atomic E-state index is 11.2. The van der Waals surface area contributed by atoms with Gasteiger partial charge in [0, 0.05) is 26.9 Å². The molecule has 0 aromatic heterocycles. The highest BCUT2D eigenvalue weighted by Gasteiger charge is 2.08. The van der Waals surface area contributed by atoms with E-state index in [9.17, 15) is 9.59 Å². The van der Waals surface area contributed by atoms with Crippen LogP contribution >= 0.6 is 0 Å². The number of nitrogens with one attached hydrogen (secondary N) is 1. The molecule has 0 aliphatic heterocycles. The number of hydrogen-bond acceptors (Lipinski definition) is 5. The largest absolute Gasteiger partial charge is 0.284 e. The molecule has 0 aliphatic rings. The van der Waals surface area contributed by atoms with Gasteiger partial charge in [-0.2, -0.15) is 5.53 Å². The standard InChI is InChI=1S/C8H19N5O2/c1-12(10)7(14)5-3-4-6-8(15)13(2)11-9/h11H,3-6,9-10H2,1-2H3. The molecule has 2 amide bonds. The van der Waals surface area contributed by atoms with Crippen molar-refractivity contribution in [3.8, 4) is 0 Å². The van der Waals surface area contributed by atoms with Crippen LogP contribution in [0.4, 0.5) is 0 Å². The van der Waals surface area contributed by atoms with Crippen molar-refractivity contribution in [2.75, 3.05) is 14.1 Å². The lowest BCUT2D eigenvalue weighted by Crippen LogP contribution is -2.43. The average molecular weight is 217 g/mol. The topological polar surface area (TPSA) is 105 Å². The van der Waals surface area contributed by atoms with E-state index in [2.05, 4.69) is 5.53 Å². The quantitative estimate of drug-likeness (QED) is 0.222. The number of unbranched alkanes of at least 4 members (excludes halogenated alkanes) is 1. The number of nitrogens with zero attached hydrogens (tertiary/aromatic N) is 2. The first-order valence-corrected chi connectivity index (χ1v) is 4.73. The normalized spacial score (nSPS) is 9.87. The second kappa shape index (κ2) is 7.16. The van der Waals surface area contributed by atoms with Gasteiger partial charge in [-0.15, -0.1) is 0 Å². The Labute approximate surface area is 89.3 Å². The molecule has 0 spiro atoms. The van der Waals surface area contributed by atoms with E-state index in [4.69, 9.17) is 11.7 Å². The van der Waals surface area contributed by atoms with Crippen molar-refractivity contribution < 1.29 is 9.59 Å². The SMILES string of the molecule is CN(N)C(=O)CCCCC(=O)N(C)NN. The molecule has 7 heteroatoms. The Balaban J connectivity index is 3.55. The monoisotopic (exact) mass is 217 g/mol. The zero-order valence-corrected chi connectivity index (χ0v) is 9.19. The van der Waals surface area contributed by atoms with Crippen LogP contribution in [0.3, 0.4) is 0 Å². The third kappa shape index (κ3) is 6.00. The summed E-state index contributed by atoms with van der Waals surface area (Å²) in [6, 6.07) is 0. The number of hydrogen-bond donors (Lipinski definition) is 3. The van der Waals surface area contributed by atoms with Crippen LogP contribution in [-0.4, -0.2) is 35.9 Å². The molecule has 15 heavy (non-hydrogen) atoms. The van der Waals surface area contributed by atoms with E-state index in [-0.39, 0.29) is 11.8 Å². The molecule has 0 radical (unpaired) electrons. The van der Waals surface area contributed by atoms with Crippen molar-refractivity contribution in [1.82, 2.24) is 15.6 Å². The van der Waals surface area contributed by atoms with Gasteiger partial charge in [0.25, 0.3) is 0 Å². The first-order chi connectivity index (χ1) is 6.99. The molecule has 0 unspecified atom stereocenters. The van der Waals surface area contributed by atoms with Gasteiger partial charge in [0.1, 0.15) is 0 Å². The third-order valence-corrected chi connectivity index (χ3v) is 1.99. The predicted molar refractivity (Wildman–Crippen MR) is 55.5 cm³/mol. The Hall–Kier alpha value is -1.18. The first kappa shape index (κ1) is 13.8. The lowest BCUT2D eigenvalue weighted by molar-refractivity contribution is -0.133. The van der Waals surface area contributed by atoms with Crippen LogP contribution in [0.25, 0.3) is 0 Å². The van der Waals surface area contributed by atoms with Gasteiger partial charge < -0.3 is 0 Å². The van der Waals surface area contributed by atoms with Gasteiger partial charge in [-0.3, -0.25) is 25.4 Å². The van der Waals surface area contributed by atoms with E-state index in [0.29, 0.717) is 25.7 Å². The fraction of sp³-hybridized carbons (Fsp3) is 0.750. The highest BCUT2D eigenvalue weighted by Crippen LogP contribution is 2.02. The summed E-state index contributed by atoms with van der Waals surface area (Å²) in [5.74, 6) is 10.0. The molecule has 0 aromatic carbocycles. The molecule has 0 aliphatic carbocycles. The highest BCUT2D eigenvalue weighted by molar-refractivity contribution is 5.76. The summed E-state index contributed by atoms with van der Waals surface area (Å²) in [5, 5.41) is 2.26. The zero-order chi connectivity index (χ0) is 11.8. The molecular formula is C8H19N5O2. The van der Waals surface area contributed by atoms with Crippen molar-refractivity contribution in [3.05, 3.63) is 0 Å². The summed E-state index contributed by atoms with van der Waals surface area (Å²) in [6.45, 7) is 0. The molecule has 0 atom stereocenters. The molecule has 0 fully saturated rings. The summed E-state index contributed by atoms with van der Waals surface area (Å²) in [6.07, 6.45) is 2.01. The third-order valence-electron chi connectivity index (χ3n) is 1.99. The van der Waals surface area contributed by atoms with Crippen LogP contribution in [0.1, 0.15) is 25.7 Å². The van der Waals surface area contributed by atoms with Crippen molar-refractivity contribution >= 4 is 11.8 Å². The molecule has 88 valence electrons. The first-order valence-electron chi connectivity index (χ1n) is 4.73. The van der Waals surface area contributed by atoms with Crippen molar-refractivity contribution in [1.29, 1.82) is 0 Å². The fourth-order valence-electron chi connectivity index (χ4n) is 0.969. The molecule has 0 bridgehead atoms. The Kier molecular flexibility index (Phi) is 6.59. The highest BCUT2D eigenvalue weighted by atomic mass is 16.2. The number of nitrogens with two attached hydrogens (primary N) is 2. The maximum Gasteiger partial charge on any atom is 0.237 e. The Morgan fingerprint density at radius 3 is 2.00 bits per heavy atom. The van der Waals surface area contributed by atoms with Crippen LogP contribution in [0.5, 0.6) is 0 Å². The van der Waals surface area contributed by atoms with Gasteiger partial charge in [0.05, 0.1) is 0 Å². The van der Waals surface area contributed by atoms with Crippen molar-refractivity contribution in [3.63, 3.8) is 0 Å². The number of carbonyl (C=O) groups excluding carboxylic acids is 2. The molecule has 0 saturated heterocycles. The lowest BCUT2D eigenvalue weighted by atomic mass is 10.2. The van der Waals surface area contributed by atoms with Crippen LogP contribution in [0.2, 0.25) is 0 Å². The Morgan fingerprint density at radius 2 is 1.60 bits per heavy atom. The van der Waals surface area contributed by atoms with E-state index >= 15 is 0 Å². The smallest absolute Gasteiger partial charge is 0.237 e. The number of rotatable bonds is 6. The Morgan fingerprint density at radius 1 is 1.13 bits per heavy atom. The molecule has 0 aromatic rings. The molecule has 0 heterocycles. The van der Waals surface area contributed by atoms with Crippen LogP contribution in [-0.2, 0) is 9.59 Å². The summed E-state index contributed by atoms with van der Waals surface area (Å²) in [5.41, 5.74) is 2.22. The van der Waals surface area contributed by atoms with E-state index in [1.54, 1.807) is 7.05 Å². The summed E-state index contributed by atoms with van der Waals surface area (Å²) in [4.78, 5) is 22.3. The second-order valence-electron chi connectivity index (χ2n) is 3.29. The zero-order valence-electron chi connectivity index (χ0n) is 9.19. The fourth-order valence-corrected chi connectivity index (χ4v) is 0.969. The lowest BCUT2D eigenvalue weighted by Gasteiger charge is -2.14. The average Bonchev–Trinajstić information content (AvgIpc) is 2.22. The van der Waals surface area contributed by atoms with Gasteiger partial charge in [0.2, 0.25) is 11.8 Å². The summed E-state index contributed by atoms with van der Waals surface area (Å²) < 4.78 is 0. The predicted octanol–water partition coefficient (Wildman–Crippen LogP) is -1.28. The summed E-state index contributed by atoms with van der Waals surface area (Å²) in [7, 11) is 3.04. The molecule has 7 nitrogen and oxygen atoms in total. The van der Waals surface area contributed by atoms with Crippen molar-refractivity contribution in [2.24, 2.45) is 11.7 Å². The van der Waals surface area contributed by atoms with E-state index in [1.165, 1.54) is 12.1 Å². The van der Waals surface area contributed by atoms with E-state index in [1.807, 2.05) is 0 Å². The molecule has 5 N–H and O–H groups in total. The molecule has 0 saturated carbocycles. The number of amides is 2. The molecule has 0 rings (SSSR count). The number of hydrazine groups is 3. The van der Waals surface area contributed by atoms with E-state index in [0.717, 1.165) is 5.01 Å². The Bertz CT molecular complexity index is 219. The van der Waals surface area contributed by atoms with Gasteiger partial charge in [-0.25, -0.2) is 5.84 Å². The van der Waals surface area contributed by atoms with Crippen LogP contribution in [0.15, 0.2) is 0 Å². The van der Waals surface area contributed by atoms with Crippen LogP contribution in [0, 0.1) is 0 Å². The van der Waals surface area contributed by atoms with Gasteiger partial charge >= 0.3 is 0 Å². The van der Waals surface area contributed by atoms with Crippen molar-refractivity contribution in [2.45, 2.75) is 25.7 Å². The minimum absolute atomic E-state index is 0.106. The van der Waals surface area contributed by atoms with Gasteiger partial charge in [-0.05, 0) is 12.8 Å². The minimum atomic E-state index is -0.132. The minimum Gasteiger partial charge on any atom is -0.284 e. The van der Waals surface area contributed by atoms with Crippen LogP contribution < -0.4 is 17.2 Å². The second-order valence-corrected chi connectivity index (χ2v) is 3.29. The number of carbonyl (C=O) groups is 2. The van der Waals surface area contributed by atoms with Gasteiger partial charge in [0.15, 0.2) is 0 Å². The van der Waals surface area contributed by atoms with E-state index < -0.39 is 0 Å². The van der Waals surface area contributed by atoms with Gasteiger partial charge in [-0.1, -0.05) is 0 Å². The maximum absolute atomic E-state index is 11.2. The molecular weight excluding hydrogens is 198 g/mol. The summed E-state index contributed by atoms with van der Waals surface area (Å²) >= 11 is 0.